The molecule has 0 saturated heterocycles. The Balaban J connectivity index is 1.12. The van der Waals surface area contributed by atoms with Gasteiger partial charge in [0.05, 0.1) is 22.1 Å². The SMILES string of the molecule is c1ccc(-n2c3ccccc3c3cc(-c4ccc5c6ccccc6n(-c6ccc7c(c6)oc6ccc8ccccc8c67)c5c4)ccc32)cc1. The summed E-state index contributed by atoms with van der Waals surface area (Å²) in [5, 5.41) is 9.73. The van der Waals surface area contributed by atoms with Gasteiger partial charge in [0.15, 0.2) is 0 Å². The standard InChI is InChI=1S/C46H28N2O/c1-2-11-32(12-3-1)47-41-17-9-7-15-36(41)39-26-30(19-24-42(39)47)31-18-22-37-35-14-6-8-16-40(35)48(43(37)27-31)33-21-23-38-45(28-33)49-44-25-20-29-10-4-5-13-34(29)46(38)44/h1-28H. The summed E-state index contributed by atoms with van der Waals surface area (Å²) < 4.78 is 11.3. The molecule has 0 aliphatic heterocycles. The van der Waals surface area contributed by atoms with E-state index in [1.165, 1.54) is 76.6 Å². The lowest BCUT2D eigenvalue weighted by atomic mass is 10.0. The fraction of sp³-hybridized carbons (Fsp3) is 0. The van der Waals surface area contributed by atoms with Gasteiger partial charge in [0, 0.05) is 49.8 Å². The lowest BCUT2D eigenvalue weighted by Crippen LogP contribution is -1.94. The molecule has 0 spiro atoms. The van der Waals surface area contributed by atoms with Crippen LogP contribution in [-0.2, 0) is 0 Å². The molecule has 0 fully saturated rings. The van der Waals surface area contributed by atoms with Crippen molar-refractivity contribution in [2.24, 2.45) is 0 Å². The number of hydrogen-bond acceptors (Lipinski definition) is 1. The lowest BCUT2D eigenvalue weighted by Gasteiger charge is -2.10. The first-order valence-electron chi connectivity index (χ1n) is 16.8. The molecule has 0 radical (unpaired) electrons. The van der Waals surface area contributed by atoms with Gasteiger partial charge in [-0.3, -0.25) is 0 Å². The summed E-state index contributed by atoms with van der Waals surface area (Å²) in [4.78, 5) is 0. The van der Waals surface area contributed by atoms with Crippen molar-refractivity contribution in [1.29, 1.82) is 0 Å². The highest BCUT2D eigenvalue weighted by Crippen LogP contribution is 2.40. The highest BCUT2D eigenvalue weighted by atomic mass is 16.3. The molecule has 0 unspecified atom stereocenters. The Morgan fingerprint density at radius 1 is 0.327 bits per heavy atom. The zero-order valence-corrected chi connectivity index (χ0v) is 26.5. The highest BCUT2D eigenvalue weighted by Gasteiger charge is 2.17. The molecule has 3 aromatic heterocycles. The molecule has 3 heterocycles. The monoisotopic (exact) mass is 624 g/mol. The van der Waals surface area contributed by atoms with Crippen LogP contribution >= 0.6 is 0 Å². The van der Waals surface area contributed by atoms with Crippen molar-refractivity contribution in [3.05, 3.63) is 170 Å². The molecule has 0 atom stereocenters. The van der Waals surface area contributed by atoms with Crippen molar-refractivity contribution in [2.75, 3.05) is 0 Å². The fourth-order valence-electron chi connectivity index (χ4n) is 8.11. The van der Waals surface area contributed by atoms with Gasteiger partial charge in [-0.1, -0.05) is 103 Å². The molecule has 0 N–H and O–H groups in total. The van der Waals surface area contributed by atoms with Gasteiger partial charge in [-0.05, 0) is 82.6 Å². The second-order valence-corrected chi connectivity index (χ2v) is 12.9. The van der Waals surface area contributed by atoms with E-state index >= 15 is 0 Å². The van der Waals surface area contributed by atoms with E-state index in [1.54, 1.807) is 0 Å². The second kappa shape index (κ2) is 9.96. The number of aromatic nitrogens is 2. The molecule has 3 heteroatoms. The Labute approximate surface area is 281 Å². The molecule has 0 aliphatic carbocycles. The topological polar surface area (TPSA) is 23.0 Å². The molecule has 228 valence electrons. The third kappa shape index (κ3) is 3.78. The zero-order chi connectivity index (χ0) is 32.1. The number of para-hydroxylation sites is 3. The van der Waals surface area contributed by atoms with Crippen molar-refractivity contribution >= 4 is 76.3 Å². The Hall–Kier alpha value is -6.58. The van der Waals surface area contributed by atoms with Crippen LogP contribution in [0.3, 0.4) is 0 Å². The van der Waals surface area contributed by atoms with Crippen molar-refractivity contribution in [3.8, 4) is 22.5 Å². The van der Waals surface area contributed by atoms with E-state index in [0.29, 0.717) is 0 Å². The summed E-state index contributed by atoms with van der Waals surface area (Å²) >= 11 is 0. The predicted molar refractivity (Wildman–Crippen MR) is 205 cm³/mol. The van der Waals surface area contributed by atoms with Gasteiger partial charge in [-0.15, -0.1) is 0 Å². The average Bonchev–Trinajstić information content (AvgIpc) is 3.82. The molecule has 0 bridgehead atoms. The average molecular weight is 625 g/mol. The van der Waals surface area contributed by atoms with E-state index in [1.807, 2.05) is 0 Å². The quantitative estimate of drug-likeness (QED) is 0.192. The Morgan fingerprint density at radius 3 is 1.78 bits per heavy atom. The molecule has 11 aromatic rings. The van der Waals surface area contributed by atoms with Crippen molar-refractivity contribution in [2.45, 2.75) is 0 Å². The third-order valence-electron chi connectivity index (χ3n) is 10.3. The largest absolute Gasteiger partial charge is 0.456 e. The summed E-state index contributed by atoms with van der Waals surface area (Å²) in [6.45, 7) is 0. The van der Waals surface area contributed by atoms with Crippen LogP contribution in [0.5, 0.6) is 0 Å². The van der Waals surface area contributed by atoms with Gasteiger partial charge in [0.2, 0.25) is 0 Å². The molecule has 3 nitrogen and oxygen atoms in total. The van der Waals surface area contributed by atoms with Crippen LogP contribution in [0.2, 0.25) is 0 Å². The fourth-order valence-corrected chi connectivity index (χ4v) is 8.11. The number of rotatable bonds is 3. The highest BCUT2D eigenvalue weighted by molar-refractivity contribution is 6.19. The van der Waals surface area contributed by atoms with E-state index in [0.717, 1.165) is 22.2 Å². The number of benzene rings is 8. The Kier molecular flexibility index (Phi) is 5.38. The Bertz CT molecular complexity index is 3100. The maximum atomic E-state index is 6.51. The first kappa shape index (κ1) is 26.5. The summed E-state index contributed by atoms with van der Waals surface area (Å²) in [7, 11) is 0. The minimum atomic E-state index is 0.895. The van der Waals surface area contributed by atoms with E-state index < -0.39 is 0 Å². The van der Waals surface area contributed by atoms with Crippen LogP contribution < -0.4 is 0 Å². The van der Waals surface area contributed by atoms with Gasteiger partial charge < -0.3 is 13.6 Å². The van der Waals surface area contributed by atoms with Crippen LogP contribution in [0, 0.1) is 0 Å². The first-order chi connectivity index (χ1) is 24.3. The van der Waals surface area contributed by atoms with Crippen LogP contribution in [-0.4, -0.2) is 9.13 Å². The van der Waals surface area contributed by atoms with E-state index in [9.17, 15) is 0 Å². The number of furan rings is 1. The molecule has 0 aliphatic rings. The number of hydrogen-bond donors (Lipinski definition) is 0. The summed E-state index contributed by atoms with van der Waals surface area (Å²) in [5.41, 5.74) is 11.2. The molecule has 49 heavy (non-hydrogen) atoms. The molecular weight excluding hydrogens is 597 g/mol. The van der Waals surface area contributed by atoms with E-state index in [2.05, 4.69) is 179 Å². The molecule has 0 saturated carbocycles. The smallest absolute Gasteiger partial charge is 0.137 e. The van der Waals surface area contributed by atoms with Gasteiger partial charge >= 0.3 is 0 Å². The first-order valence-corrected chi connectivity index (χ1v) is 16.8. The molecule has 8 aromatic carbocycles. The maximum absolute atomic E-state index is 6.51. The molecule has 11 rings (SSSR count). The maximum Gasteiger partial charge on any atom is 0.137 e. The third-order valence-corrected chi connectivity index (χ3v) is 10.3. The predicted octanol–water partition coefficient (Wildman–Crippen LogP) is 12.6. The van der Waals surface area contributed by atoms with Crippen molar-refractivity contribution in [1.82, 2.24) is 9.13 Å². The molecular formula is C46H28N2O. The minimum absolute atomic E-state index is 0.895. The molecule has 0 amide bonds. The Morgan fingerprint density at radius 2 is 0.939 bits per heavy atom. The normalized spacial score (nSPS) is 12.1. The van der Waals surface area contributed by atoms with Crippen molar-refractivity contribution in [3.63, 3.8) is 0 Å². The van der Waals surface area contributed by atoms with Gasteiger partial charge in [-0.2, -0.15) is 0 Å². The van der Waals surface area contributed by atoms with E-state index in [4.69, 9.17) is 4.42 Å². The zero-order valence-electron chi connectivity index (χ0n) is 26.5. The minimum Gasteiger partial charge on any atom is -0.456 e. The van der Waals surface area contributed by atoms with Gasteiger partial charge in [-0.25, -0.2) is 0 Å². The van der Waals surface area contributed by atoms with E-state index in [-0.39, 0.29) is 0 Å². The van der Waals surface area contributed by atoms with Crippen molar-refractivity contribution < 1.29 is 4.42 Å². The van der Waals surface area contributed by atoms with Gasteiger partial charge in [0.1, 0.15) is 11.2 Å². The second-order valence-electron chi connectivity index (χ2n) is 12.9. The van der Waals surface area contributed by atoms with Gasteiger partial charge in [0.25, 0.3) is 0 Å². The number of fused-ring (bicyclic) bond motifs is 11. The van der Waals surface area contributed by atoms with Crippen LogP contribution in [0.4, 0.5) is 0 Å². The lowest BCUT2D eigenvalue weighted by molar-refractivity contribution is 0.669. The number of nitrogens with zero attached hydrogens (tertiary/aromatic N) is 2. The summed E-state index contributed by atoms with van der Waals surface area (Å²) in [5.74, 6) is 0. The summed E-state index contributed by atoms with van der Waals surface area (Å²) in [6.07, 6.45) is 0. The van der Waals surface area contributed by atoms with Crippen LogP contribution in [0.15, 0.2) is 174 Å². The summed E-state index contributed by atoms with van der Waals surface area (Å²) in [6, 6.07) is 61.3. The van der Waals surface area contributed by atoms with Crippen LogP contribution in [0.25, 0.3) is 98.8 Å². The van der Waals surface area contributed by atoms with Crippen LogP contribution in [0.1, 0.15) is 0 Å².